The van der Waals surface area contributed by atoms with Crippen LogP contribution in [0.2, 0.25) is 0 Å². The predicted octanol–water partition coefficient (Wildman–Crippen LogP) is 2.98. The van der Waals surface area contributed by atoms with E-state index in [9.17, 15) is 4.79 Å². The Morgan fingerprint density at radius 3 is 2.78 bits per heavy atom. The first-order valence-electron chi connectivity index (χ1n) is 6.92. The van der Waals surface area contributed by atoms with Crippen LogP contribution in [0.1, 0.15) is 12.3 Å². The van der Waals surface area contributed by atoms with Gasteiger partial charge in [-0.1, -0.05) is 47.0 Å². The third-order valence-electron chi connectivity index (χ3n) is 2.82. The molecular weight excluding hydrogens is 352 g/mol. The summed E-state index contributed by atoms with van der Waals surface area (Å²) in [7, 11) is 0. The number of thioether (sulfide) groups is 2. The zero-order valence-corrected chi connectivity index (χ0v) is 14.5. The van der Waals surface area contributed by atoms with Gasteiger partial charge in [0.25, 0.3) is 0 Å². The van der Waals surface area contributed by atoms with Crippen molar-refractivity contribution in [2.24, 2.45) is 5.73 Å². The predicted molar refractivity (Wildman–Crippen MR) is 92.9 cm³/mol. The van der Waals surface area contributed by atoms with Crippen LogP contribution in [0.15, 0.2) is 37.4 Å². The minimum absolute atomic E-state index is 0.233. The van der Waals surface area contributed by atoms with Gasteiger partial charge in [0.2, 0.25) is 5.91 Å². The maximum atomic E-state index is 10.7. The molecule has 0 saturated heterocycles. The smallest absolute Gasteiger partial charge is 0.227 e. The molecule has 6 nitrogen and oxygen atoms in total. The average Bonchev–Trinajstić information content (AvgIpc) is 3.15. The molecule has 0 bridgehead atoms. The zero-order valence-electron chi connectivity index (χ0n) is 12.1. The van der Waals surface area contributed by atoms with Crippen molar-refractivity contribution in [1.82, 2.24) is 15.2 Å². The van der Waals surface area contributed by atoms with E-state index >= 15 is 0 Å². The molecule has 3 rings (SSSR count). The number of rotatable bonds is 8. The Hall–Kier alpha value is -1.58. The van der Waals surface area contributed by atoms with Gasteiger partial charge < -0.3 is 10.2 Å². The van der Waals surface area contributed by atoms with Crippen LogP contribution in [0, 0.1) is 0 Å². The molecule has 120 valence electrons. The van der Waals surface area contributed by atoms with Crippen LogP contribution in [0.5, 0.6) is 0 Å². The average molecular weight is 366 g/mol. The number of fused-ring (bicyclic) bond motifs is 1. The molecule has 0 fully saturated rings. The first kappa shape index (κ1) is 16.3. The van der Waals surface area contributed by atoms with Gasteiger partial charge in [-0.25, -0.2) is 4.98 Å². The second-order valence-electron chi connectivity index (χ2n) is 4.62. The fraction of sp³-hybridized carbons (Fsp3) is 0.286. The summed E-state index contributed by atoms with van der Waals surface area (Å²) in [5.41, 5.74) is 6.83. The van der Waals surface area contributed by atoms with Crippen molar-refractivity contribution in [3.63, 3.8) is 0 Å². The Bertz CT molecular complexity index is 769. The van der Waals surface area contributed by atoms with E-state index in [1.165, 1.54) is 23.1 Å². The number of oxazole rings is 1. The number of hydrogen-bond donors (Lipinski definition) is 1. The molecule has 3 aromatic rings. The Morgan fingerprint density at radius 2 is 2.00 bits per heavy atom. The second kappa shape index (κ2) is 7.80. The fourth-order valence-electron chi connectivity index (χ4n) is 1.86. The number of primary amides is 1. The molecule has 9 heteroatoms. The van der Waals surface area contributed by atoms with Gasteiger partial charge in [0.1, 0.15) is 5.52 Å². The van der Waals surface area contributed by atoms with Crippen LogP contribution < -0.4 is 5.73 Å². The van der Waals surface area contributed by atoms with Crippen molar-refractivity contribution in [2.75, 3.05) is 11.5 Å². The van der Waals surface area contributed by atoms with E-state index in [4.69, 9.17) is 10.2 Å². The standard InChI is InChI=1S/C14H14N4O2S3/c15-11(19)8-22-14-18-17-13(23-14)21-7-3-6-12-16-9-4-1-2-5-10(9)20-12/h1-2,4-5H,3,6-8H2,(H2,15,19). The van der Waals surface area contributed by atoms with Crippen LogP contribution in [-0.2, 0) is 11.2 Å². The number of para-hydroxylation sites is 2. The molecule has 0 aliphatic carbocycles. The van der Waals surface area contributed by atoms with Gasteiger partial charge in [-0.3, -0.25) is 4.79 Å². The van der Waals surface area contributed by atoms with Crippen LogP contribution in [0.4, 0.5) is 0 Å². The number of nitrogens with zero attached hydrogens (tertiary/aromatic N) is 3. The summed E-state index contributed by atoms with van der Waals surface area (Å²) in [4.78, 5) is 15.2. The fourth-order valence-corrected chi connectivity index (χ4v) is 4.63. The highest BCUT2D eigenvalue weighted by Gasteiger charge is 2.08. The summed E-state index contributed by atoms with van der Waals surface area (Å²) >= 11 is 4.45. The van der Waals surface area contributed by atoms with Crippen molar-refractivity contribution in [3.8, 4) is 0 Å². The van der Waals surface area contributed by atoms with E-state index in [0.29, 0.717) is 0 Å². The Balaban J connectivity index is 1.43. The van der Waals surface area contributed by atoms with Crippen molar-refractivity contribution < 1.29 is 9.21 Å². The van der Waals surface area contributed by atoms with Gasteiger partial charge in [-0.2, -0.15) is 0 Å². The Kier molecular flexibility index (Phi) is 5.52. The molecule has 23 heavy (non-hydrogen) atoms. The third-order valence-corrected chi connectivity index (χ3v) is 6.12. The first-order valence-corrected chi connectivity index (χ1v) is 9.71. The largest absolute Gasteiger partial charge is 0.441 e. The lowest BCUT2D eigenvalue weighted by molar-refractivity contribution is -0.115. The van der Waals surface area contributed by atoms with Crippen LogP contribution >= 0.6 is 34.9 Å². The highest BCUT2D eigenvalue weighted by molar-refractivity contribution is 8.03. The zero-order chi connectivity index (χ0) is 16.1. The molecule has 2 N–H and O–H groups in total. The number of hydrogen-bond acceptors (Lipinski definition) is 8. The minimum Gasteiger partial charge on any atom is -0.441 e. The number of aryl methyl sites for hydroxylation is 1. The van der Waals surface area contributed by atoms with Gasteiger partial charge in [0.05, 0.1) is 5.75 Å². The van der Waals surface area contributed by atoms with Gasteiger partial charge in [0.15, 0.2) is 20.2 Å². The normalized spacial score (nSPS) is 11.1. The van der Waals surface area contributed by atoms with E-state index in [0.717, 1.165) is 44.3 Å². The molecule has 0 atom stereocenters. The Morgan fingerprint density at radius 1 is 1.22 bits per heavy atom. The summed E-state index contributed by atoms with van der Waals surface area (Å²) < 4.78 is 7.35. The third kappa shape index (κ3) is 4.69. The van der Waals surface area contributed by atoms with E-state index < -0.39 is 0 Å². The number of carbonyl (C=O) groups is 1. The molecular formula is C14H14N4O2S3. The second-order valence-corrected chi connectivity index (χ2v) is 8.16. The topological polar surface area (TPSA) is 94.9 Å². The summed E-state index contributed by atoms with van der Waals surface area (Å²) in [5.74, 6) is 1.56. The summed E-state index contributed by atoms with van der Waals surface area (Å²) in [6.45, 7) is 0. The first-order chi connectivity index (χ1) is 11.2. The van der Waals surface area contributed by atoms with Gasteiger partial charge in [0, 0.05) is 12.2 Å². The summed E-state index contributed by atoms with van der Waals surface area (Å²) in [6, 6.07) is 7.76. The molecule has 0 aliphatic rings. The lowest BCUT2D eigenvalue weighted by Crippen LogP contribution is -2.12. The van der Waals surface area contributed by atoms with E-state index in [1.54, 1.807) is 11.8 Å². The van der Waals surface area contributed by atoms with Crippen LogP contribution in [-0.4, -0.2) is 32.6 Å². The van der Waals surface area contributed by atoms with Crippen LogP contribution in [0.3, 0.4) is 0 Å². The quantitative estimate of drug-likeness (QED) is 0.484. The van der Waals surface area contributed by atoms with Crippen molar-refractivity contribution in [3.05, 3.63) is 30.2 Å². The van der Waals surface area contributed by atoms with Gasteiger partial charge in [-0.15, -0.1) is 10.2 Å². The SMILES string of the molecule is NC(=O)CSc1nnc(SCCCc2nc3ccccc3o2)s1. The number of aromatic nitrogens is 3. The highest BCUT2D eigenvalue weighted by Crippen LogP contribution is 2.29. The maximum absolute atomic E-state index is 10.7. The van der Waals surface area contributed by atoms with Crippen LogP contribution in [0.25, 0.3) is 11.1 Å². The van der Waals surface area contributed by atoms with Gasteiger partial charge in [-0.05, 0) is 18.6 Å². The summed E-state index contributed by atoms with van der Waals surface area (Å²) in [6.07, 6.45) is 1.74. The molecule has 0 spiro atoms. The maximum Gasteiger partial charge on any atom is 0.227 e. The van der Waals surface area contributed by atoms with Gasteiger partial charge >= 0.3 is 0 Å². The van der Waals surface area contributed by atoms with E-state index in [2.05, 4.69) is 15.2 Å². The lowest BCUT2D eigenvalue weighted by Gasteiger charge is -1.95. The number of benzene rings is 1. The molecule has 0 saturated carbocycles. The molecule has 0 unspecified atom stereocenters. The monoisotopic (exact) mass is 366 g/mol. The minimum atomic E-state index is -0.349. The molecule has 1 aromatic carbocycles. The molecule has 2 aromatic heterocycles. The van der Waals surface area contributed by atoms with Crippen molar-refractivity contribution in [2.45, 2.75) is 21.5 Å². The molecule has 0 aliphatic heterocycles. The highest BCUT2D eigenvalue weighted by atomic mass is 32.2. The number of nitrogens with two attached hydrogens (primary N) is 1. The molecule has 2 heterocycles. The number of carbonyl (C=O) groups excluding carboxylic acids is 1. The number of amides is 1. The van der Waals surface area contributed by atoms with E-state index in [1.807, 2.05) is 24.3 Å². The summed E-state index contributed by atoms with van der Waals surface area (Å²) in [5, 5.41) is 8.12. The van der Waals surface area contributed by atoms with Crippen molar-refractivity contribution >= 4 is 51.9 Å². The lowest BCUT2D eigenvalue weighted by atomic mass is 10.3. The molecule has 1 amide bonds. The van der Waals surface area contributed by atoms with Crippen molar-refractivity contribution in [1.29, 1.82) is 0 Å². The Labute approximate surface area is 145 Å². The van der Waals surface area contributed by atoms with E-state index in [-0.39, 0.29) is 11.7 Å². The molecule has 0 radical (unpaired) electrons.